The first-order valence-corrected chi connectivity index (χ1v) is 7.81. The molecule has 2 aromatic heterocycles. The number of nitrogens with zero attached hydrogens (tertiary/aromatic N) is 4. The summed E-state index contributed by atoms with van der Waals surface area (Å²) < 4.78 is 0. The number of hydrogen-bond donors (Lipinski definition) is 0. The molecule has 0 aromatic carbocycles. The Kier molecular flexibility index (Phi) is 4.26. The van der Waals surface area contributed by atoms with Gasteiger partial charge in [0.2, 0.25) is 5.91 Å². The van der Waals surface area contributed by atoms with Gasteiger partial charge in [0.05, 0.1) is 11.8 Å². The van der Waals surface area contributed by atoms with Gasteiger partial charge in [0, 0.05) is 12.4 Å². The van der Waals surface area contributed by atoms with Gasteiger partial charge >= 0.3 is 0 Å². The lowest BCUT2D eigenvalue weighted by molar-refractivity contribution is -0.130. The highest BCUT2D eigenvalue weighted by Crippen LogP contribution is 2.28. The third-order valence-corrected chi connectivity index (χ3v) is 4.85. The first kappa shape index (κ1) is 14.8. The van der Waals surface area contributed by atoms with Gasteiger partial charge in [-0.25, -0.2) is 9.97 Å². The highest BCUT2D eigenvalue weighted by atomic mass is 32.2. The van der Waals surface area contributed by atoms with E-state index in [-0.39, 0.29) is 11.7 Å². The normalized spacial score (nSPS) is 11.3. The number of fused-ring (bicyclic) bond motifs is 1. The van der Waals surface area contributed by atoms with Crippen molar-refractivity contribution in [3.63, 3.8) is 0 Å². The zero-order valence-electron chi connectivity index (χ0n) is 11.5. The number of carbonyl (C=O) groups excluding carboxylic acids is 1. The molecule has 0 saturated heterocycles. The van der Waals surface area contributed by atoms with Crippen LogP contribution >= 0.6 is 23.1 Å². The van der Waals surface area contributed by atoms with Crippen molar-refractivity contribution in [2.24, 2.45) is 0 Å². The van der Waals surface area contributed by atoms with Crippen LogP contribution in [0.1, 0.15) is 13.8 Å². The molecular weight excluding hydrogens is 292 g/mol. The van der Waals surface area contributed by atoms with Gasteiger partial charge in [0.1, 0.15) is 21.7 Å². The molecule has 0 spiro atoms. The van der Waals surface area contributed by atoms with Crippen molar-refractivity contribution >= 4 is 39.2 Å². The topological polar surface area (TPSA) is 69.9 Å². The minimum atomic E-state index is -0.805. The standard InChI is InChI=1S/C13H14N4OS2/c1-13(2,7-14)17(3)10(18)6-20-12-9-4-5-19-11(9)15-8-16-12/h4-5,8H,6H2,1-3H3. The highest BCUT2D eigenvalue weighted by molar-refractivity contribution is 8.00. The van der Waals surface area contributed by atoms with Crippen LogP contribution in [0.2, 0.25) is 0 Å². The lowest BCUT2D eigenvalue weighted by atomic mass is 10.1. The molecule has 2 aromatic rings. The van der Waals surface area contributed by atoms with E-state index >= 15 is 0 Å². The smallest absolute Gasteiger partial charge is 0.233 e. The zero-order valence-corrected chi connectivity index (χ0v) is 13.1. The Morgan fingerprint density at radius 2 is 2.30 bits per heavy atom. The van der Waals surface area contributed by atoms with Crippen LogP contribution in [-0.2, 0) is 4.79 Å². The summed E-state index contributed by atoms with van der Waals surface area (Å²) in [5.74, 6) is 0.160. The number of amides is 1. The van der Waals surface area contributed by atoms with Gasteiger partial charge in [-0.3, -0.25) is 4.79 Å². The van der Waals surface area contributed by atoms with Crippen LogP contribution in [0.3, 0.4) is 0 Å². The van der Waals surface area contributed by atoms with Crippen molar-refractivity contribution in [1.82, 2.24) is 14.9 Å². The summed E-state index contributed by atoms with van der Waals surface area (Å²) in [6, 6.07) is 4.07. The van der Waals surface area contributed by atoms with Crippen LogP contribution in [0.15, 0.2) is 22.8 Å². The molecule has 5 nitrogen and oxygen atoms in total. The molecule has 0 fully saturated rings. The second-order valence-electron chi connectivity index (χ2n) is 4.73. The number of hydrogen-bond acceptors (Lipinski definition) is 6. The molecule has 0 unspecified atom stereocenters. The van der Waals surface area contributed by atoms with Gasteiger partial charge < -0.3 is 4.90 Å². The number of aromatic nitrogens is 2. The maximum absolute atomic E-state index is 12.1. The van der Waals surface area contributed by atoms with E-state index in [9.17, 15) is 4.79 Å². The molecule has 0 radical (unpaired) electrons. The zero-order chi connectivity index (χ0) is 14.8. The van der Waals surface area contributed by atoms with Gasteiger partial charge in [-0.05, 0) is 25.3 Å². The Bertz CT molecular complexity index is 674. The van der Waals surface area contributed by atoms with Crippen LogP contribution in [0, 0.1) is 11.3 Å². The van der Waals surface area contributed by atoms with Crippen molar-refractivity contribution in [2.75, 3.05) is 12.8 Å². The average Bonchev–Trinajstić information content (AvgIpc) is 2.92. The molecule has 0 saturated carbocycles. The van der Waals surface area contributed by atoms with Crippen molar-refractivity contribution in [3.05, 3.63) is 17.8 Å². The van der Waals surface area contributed by atoms with E-state index in [1.165, 1.54) is 23.0 Å². The Morgan fingerprint density at radius 1 is 1.55 bits per heavy atom. The third-order valence-electron chi connectivity index (χ3n) is 3.04. The van der Waals surface area contributed by atoms with Crippen molar-refractivity contribution in [3.8, 4) is 6.07 Å². The van der Waals surface area contributed by atoms with Gasteiger partial charge in [-0.2, -0.15) is 5.26 Å². The van der Waals surface area contributed by atoms with Crippen LogP contribution in [0.25, 0.3) is 10.2 Å². The van der Waals surface area contributed by atoms with Gasteiger partial charge in [0.25, 0.3) is 0 Å². The van der Waals surface area contributed by atoms with E-state index in [0.717, 1.165) is 15.2 Å². The largest absolute Gasteiger partial charge is 0.327 e. The Balaban J connectivity index is 2.08. The Hall–Kier alpha value is -1.65. The van der Waals surface area contributed by atoms with E-state index in [4.69, 9.17) is 5.26 Å². The van der Waals surface area contributed by atoms with Crippen molar-refractivity contribution < 1.29 is 4.79 Å². The monoisotopic (exact) mass is 306 g/mol. The summed E-state index contributed by atoms with van der Waals surface area (Å²) in [7, 11) is 1.65. The van der Waals surface area contributed by atoms with Gasteiger partial charge in [0.15, 0.2) is 0 Å². The fourth-order valence-corrected chi connectivity index (χ4v) is 3.19. The van der Waals surface area contributed by atoms with Crippen LogP contribution in [-0.4, -0.2) is 39.1 Å². The molecule has 1 amide bonds. The SMILES string of the molecule is CN(C(=O)CSc1ncnc2sccc12)C(C)(C)C#N. The van der Waals surface area contributed by atoms with E-state index in [1.54, 1.807) is 32.2 Å². The summed E-state index contributed by atoms with van der Waals surface area (Å²) in [4.78, 5) is 22.9. The van der Waals surface area contributed by atoms with Crippen molar-refractivity contribution in [2.45, 2.75) is 24.4 Å². The second-order valence-corrected chi connectivity index (χ2v) is 6.59. The molecule has 0 bridgehead atoms. The lowest BCUT2D eigenvalue weighted by Crippen LogP contribution is -2.44. The maximum atomic E-state index is 12.1. The lowest BCUT2D eigenvalue weighted by Gasteiger charge is -2.28. The number of thiophene rings is 1. The second kappa shape index (κ2) is 5.77. The molecule has 0 aliphatic rings. The summed E-state index contributed by atoms with van der Waals surface area (Å²) in [5, 5.41) is 12.8. The van der Waals surface area contributed by atoms with E-state index < -0.39 is 5.54 Å². The highest BCUT2D eigenvalue weighted by Gasteiger charge is 2.27. The predicted molar refractivity (Wildman–Crippen MR) is 80.6 cm³/mol. The molecule has 20 heavy (non-hydrogen) atoms. The number of carbonyl (C=O) groups is 1. The molecular formula is C13H14N4OS2. The fourth-order valence-electron chi connectivity index (χ4n) is 1.50. The third kappa shape index (κ3) is 2.92. The molecule has 2 heterocycles. The van der Waals surface area contributed by atoms with Gasteiger partial charge in [-0.1, -0.05) is 11.8 Å². The first-order valence-electron chi connectivity index (χ1n) is 5.94. The summed E-state index contributed by atoms with van der Waals surface area (Å²) >= 11 is 2.92. The van der Waals surface area contributed by atoms with E-state index in [1.807, 2.05) is 11.4 Å². The quantitative estimate of drug-likeness (QED) is 0.641. The van der Waals surface area contributed by atoms with E-state index in [2.05, 4.69) is 16.0 Å². The minimum Gasteiger partial charge on any atom is -0.327 e. The summed E-state index contributed by atoms with van der Waals surface area (Å²) in [6.45, 7) is 3.44. The molecule has 7 heteroatoms. The molecule has 2 rings (SSSR count). The Labute approximate surface area is 125 Å². The number of rotatable bonds is 4. The summed E-state index contributed by atoms with van der Waals surface area (Å²) in [5.41, 5.74) is -0.805. The molecule has 104 valence electrons. The first-order chi connectivity index (χ1) is 9.45. The van der Waals surface area contributed by atoms with Crippen LogP contribution in [0.4, 0.5) is 0 Å². The molecule has 0 atom stereocenters. The predicted octanol–water partition coefficient (Wildman–Crippen LogP) is 2.54. The number of thioether (sulfide) groups is 1. The maximum Gasteiger partial charge on any atom is 0.233 e. The minimum absolute atomic E-state index is 0.0939. The Morgan fingerprint density at radius 3 is 3.00 bits per heavy atom. The summed E-state index contributed by atoms with van der Waals surface area (Å²) in [6.07, 6.45) is 1.51. The van der Waals surface area contributed by atoms with Crippen LogP contribution in [0.5, 0.6) is 0 Å². The molecule has 0 N–H and O–H groups in total. The molecule has 0 aliphatic carbocycles. The van der Waals surface area contributed by atoms with Gasteiger partial charge in [-0.15, -0.1) is 11.3 Å². The molecule has 0 aliphatic heterocycles. The average molecular weight is 306 g/mol. The van der Waals surface area contributed by atoms with E-state index in [0.29, 0.717) is 0 Å². The fraction of sp³-hybridized carbons (Fsp3) is 0.385. The van der Waals surface area contributed by atoms with Crippen LogP contribution < -0.4 is 0 Å². The van der Waals surface area contributed by atoms with Crippen molar-refractivity contribution in [1.29, 1.82) is 5.26 Å². The number of nitriles is 1.